The first-order chi connectivity index (χ1) is 12.9. The maximum atomic E-state index is 12.4. The molecular weight excluding hydrogens is 400 g/mol. The van der Waals surface area contributed by atoms with E-state index in [1.807, 2.05) is 23.0 Å². The number of carbonyl (C=O) groups excluding carboxylic acids is 1. The van der Waals surface area contributed by atoms with E-state index in [2.05, 4.69) is 18.0 Å². The molecule has 0 saturated heterocycles. The zero-order chi connectivity index (χ0) is 19.4. The molecule has 0 spiro atoms. The monoisotopic (exact) mass is 420 g/mol. The van der Waals surface area contributed by atoms with Crippen LogP contribution in [-0.4, -0.2) is 30.9 Å². The summed E-state index contributed by atoms with van der Waals surface area (Å²) in [6.45, 7) is 2.77. The van der Waals surface area contributed by atoms with Crippen molar-refractivity contribution < 1.29 is 13.2 Å². The second-order valence-electron chi connectivity index (χ2n) is 5.95. The van der Waals surface area contributed by atoms with Gasteiger partial charge in [-0.05, 0) is 43.0 Å². The summed E-state index contributed by atoms with van der Waals surface area (Å²) in [7, 11) is -3.70. The van der Waals surface area contributed by atoms with Gasteiger partial charge in [0.25, 0.3) is 5.91 Å². The Morgan fingerprint density at radius 1 is 1.19 bits per heavy atom. The molecule has 0 radical (unpaired) electrons. The molecule has 1 heterocycles. The van der Waals surface area contributed by atoms with Gasteiger partial charge in [0.1, 0.15) is 5.75 Å². The van der Waals surface area contributed by atoms with E-state index in [0.717, 1.165) is 28.1 Å². The van der Waals surface area contributed by atoms with Crippen molar-refractivity contribution in [1.82, 2.24) is 4.57 Å². The number of aryl methyl sites for hydroxylation is 1. The maximum Gasteiger partial charge on any atom is 0.263 e. The number of sulfone groups is 1. The van der Waals surface area contributed by atoms with Crippen LogP contribution in [-0.2, 0) is 21.2 Å². The highest BCUT2D eigenvalue weighted by Gasteiger charge is 2.19. The molecule has 1 aromatic heterocycles. The fourth-order valence-electron chi connectivity index (χ4n) is 2.72. The first-order valence-electron chi connectivity index (χ1n) is 8.47. The number of aromatic nitrogens is 1. The van der Waals surface area contributed by atoms with Crippen LogP contribution in [0.5, 0.6) is 0 Å². The van der Waals surface area contributed by atoms with E-state index < -0.39 is 21.5 Å². The summed E-state index contributed by atoms with van der Waals surface area (Å²) >= 11 is 3.06. The summed E-state index contributed by atoms with van der Waals surface area (Å²) in [6, 6.07) is 14.1. The van der Waals surface area contributed by atoms with Crippen LogP contribution in [0.2, 0.25) is 0 Å². The van der Waals surface area contributed by atoms with Gasteiger partial charge in [-0.15, -0.1) is 11.8 Å². The first-order valence-corrected chi connectivity index (χ1v) is 12.2. The van der Waals surface area contributed by atoms with Crippen LogP contribution < -0.4 is 4.80 Å². The molecule has 2 aromatic carbocycles. The van der Waals surface area contributed by atoms with Crippen molar-refractivity contribution in [3.05, 3.63) is 53.3 Å². The van der Waals surface area contributed by atoms with E-state index in [0.29, 0.717) is 4.80 Å². The van der Waals surface area contributed by atoms with E-state index in [4.69, 9.17) is 0 Å². The fourth-order valence-corrected chi connectivity index (χ4v) is 5.47. The van der Waals surface area contributed by atoms with Crippen LogP contribution in [0, 0.1) is 0 Å². The molecule has 0 aliphatic heterocycles. The highest BCUT2D eigenvalue weighted by atomic mass is 32.2. The zero-order valence-corrected chi connectivity index (χ0v) is 17.5. The molecule has 1 amide bonds. The van der Waals surface area contributed by atoms with Crippen molar-refractivity contribution in [2.24, 2.45) is 4.99 Å². The minimum Gasteiger partial charge on any atom is -0.316 e. The van der Waals surface area contributed by atoms with Gasteiger partial charge in [0.15, 0.2) is 14.6 Å². The number of hydrogen-bond donors (Lipinski definition) is 0. The number of rotatable bonds is 6. The van der Waals surface area contributed by atoms with Gasteiger partial charge in [0.05, 0.1) is 15.1 Å². The van der Waals surface area contributed by atoms with Gasteiger partial charge >= 0.3 is 0 Å². The van der Waals surface area contributed by atoms with E-state index >= 15 is 0 Å². The Hall–Kier alpha value is -1.90. The quantitative estimate of drug-likeness (QED) is 0.570. The van der Waals surface area contributed by atoms with Crippen molar-refractivity contribution >= 4 is 49.1 Å². The third-order valence-corrected chi connectivity index (χ3v) is 7.36. The number of thiazole rings is 1. The minimum atomic E-state index is -3.70. The number of carbonyl (C=O) groups is 1. The number of thioether (sulfide) groups is 1. The third-order valence-electron chi connectivity index (χ3n) is 3.97. The largest absolute Gasteiger partial charge is 0.316 e. The molecule has 3 rings (SSSR count). The molecule has 0 aliphatic carbocycles. The molecule has 0 fully saturated rings. The topological polar surface area (TPSA) is 68.5 Å². The van der Waals surface area contributed by atoms with Crippen LogP contribution in [0.1, 0.15) is 13.3 Å². The van der Waals surface area contributed by atoms with Gasteiger partial charge < -0.3 is 4.57 Å². The predicted octanol–water partition coefficient (Wildman–Crippen LogP) is 3.74. The number of fused-ring (bicyclic) bond motifs is 1. The van der Waals surface area contributed by atoms with Gasteiger partial charge in [-0.3, -0.25) is 4.79 Å². The summed E-state index contributed by atoms with van der Waals surface area (Å²) < 4.78 is 27.8. The number of amides is 1. The van der Waals surface area contributed by atoms with Crippen molar-refractivity contribution in [1.29, 1.82) is 0 Å². The van der Waals surface area contributed by atoms with Crippen molar-refractivity contribution in [2.75, 3.05) is 12.0 Å². The molecule has 0 atom stereocenters. The Balaban J connectivity index is 1.99. The van der Waals surface area contributed by atoms with Crippen LogP contribution >= 0.6 is 23.1 Å². The maximum absolute atomic E-state index is 12.4. The molecule has 8 heteroatoms. The average molecular weight is 421 g/mol. The van der Waals surface area contributed by atoms with Crippen LogP contribution in [0.15, 0.2) is 63.3 Å². The van der Waals surface area contributed by atoms with Crippen LogP contribution in [0.3, 0.4) is 0 Å². The average Bonchev–Trinajstić information content (AvgIpc) is 2.98. The van der Waals surface area contributed by atoms with Crippen molar-refractivity contribution in [3.8, 4) is 0 Å². The van der Waals surface area contributed by atoms with Crippen LogP contribution in [0.25, 0.3) is 10.2 Å². The Morgan fingerprint density at radius 2 is 1.93 bits per heavy atom. The second kappa shape index (κ2) is 8.41. The van der Waals surface area contributed by atoms with E-state index in [-0.39, 0.29) is 4.90 Å². The lowest BCUT2D eigenvalue weighted by Crippen LogP contribution is -2.21. The normalized spacial score (nSPS) is 12.6. The molecule has 0 unspecified atom stereocenters. The summed E-state index contributed by atoms with van der Waals surface area (Å²) in [5.41, 5.74) is 1.01. The fraction of sp³-hybridized carbons (Fsp3) is 0.263. The summed E-state index contributed by atoms with van der Waals surface area (Å²) in [5, 5.41) is 0. The molecule has 0 saturated carbocycles. The Labute approximate surface area is 166 Å². The molecule has 3 aromatic rings. The second-order valence-corrected chi connectivity index (χ2v) is 9.83. The lowest BCUT2D eigenvalue weighted by Gasteiger charge is -2.03. The Morgan fingerprint density at radius 3 is 2.59 bits per heavy atom. The van der Waals surface area contributed by atoms with Crippen molar-refractivity contribution in [2.45, 2.75) is 29.7 Å². The first kappa shape index (κ1) is 19.9. The molecule has 0 bridgehead atoms. The van der Waals surface area contributed by atoms with Crippen LogP contribution in [0.4, 0.5) is 0 Å². The molecule has 142 valence electrons. The molecular formula is C19H20N2O3S3. The van der Waals surface area contributed by atoms with Gasteiger partial charge in [-0.2, -0.15) is 4.99 Å². The van der Waals surface area contributed by atoms with Gasteiger partial charge in [0.2, 0.25) is 0 Å². The van der Waals surface area contributed by atoms with E-state index in [1.54, 1.807) is 30.0 Å². The lowest BCUT2D eigenvalue weighted by molar-refractivity contribution is -0.115. The highest BCUT2D eigenvalue weighted by Crippen LogP contribution is 2.24. The minimum absolute atomic E-state index is 0.135. The van der Waals surface area contributed by atoms with Crippen molar-refractivity contribution in [3.63, 3.8) is 0 Å². The van der Waals surface area contributed by atoms with E-state index in [1.165, 1.54) is 23.5 Å². The molecule has 27 heavy (non-hydrogen) atoms. The summed E-state index contributed by atoms with van der Waals surface area (Å²) in [5.74, 6) is -1.28. The highest BCUT2D eigenvalue weighted by molar-refractivity contribution is 7.98. The standard InChI is InChI=1S/C19H20N2O3S3/c1-3-11-21-16-10-9-14(25-2)12-17(16)26-19(21)20-18(22)13-27(23,24)15-7-5-4-6-8-15/h4-10,12H,3,11,13H2,1-2H3. The van der Waals surface area contributed by atoms with Gasteiger partial charge in [-0.25, -0.2) is 8.42 Å². The number of hydrogen-bond acceptors (Lipinski definition) is 5. The smallest absolute Gasteiger partial charge is 0.263 e. The van der Waals surface area contributed by atoms with Gasteiger partial charge in [-0.1, -0.05) is 36.5 Å². The third kappa shape index (κ3) is 4.51. The molecule has 0 N–H and O–H groups in total. The predicted molar refractivity (Wildman–Crippen MR) is 111 cm³/mol. The summed E-state index contributed by atoms with van der Waals surface area (Å²) in [6.07, 6.45) is 2.90. The summed E-state index contributed by atoms with van der Waals surface area (Å²) in [4.78, 5) is 18.4. The van der Waals surface area contributed by atoms with E-state index in [9.17, 15) is 13.2 Å². The Kier molecular flexibility index (Phi) is 6.18. The number of benzene rings is 2. The molecule has 5 nitrogen and oxygen atoms in total. The molecule has 0 aliphatic rings. The SMILES string of the molecule is CCCn1c(=NC(=O)CS(=O)(=O)c2ccccc2)sc2cc(SC)ccc21. The zero-order valence-electron chi connectivity index (χ0n) is 15.1. The Bertz CT molecular complexity index is 1130. The lowest BCUT2D eigenvalue weighted by atomic mass is 10.3. The van der Waals surface area contributed by atoms with Gasteiger partial charge in [0, 0.05) is 11.4 Å². The number of nitrogens with zero attached hydrogens (tertiary/aromatic N) is 2.